The molecule has 1 fully saturated rings. The Morgan fingerprint density at radius 3 is 2.50 bits per heavy atom. The van der Waals surface area contributed by atoms with Crippen molar-refractivity contribution in [2.75, 3.05) is 10.2 Å². The summed E-state index contributed by atoms with van der Waals surface area (Å²) < 4.78 is 4.92. The number of hydrogen-bond acceptors (Lipinski definition) is 5. The maximum absolute atomic E-state index is 13.0. The molecular weight excluding hydrogens is 384 g/mol. The Balaban J connectivity index is 1.64. The van der Waals surface area contributed by atoms with E-state index in [-0.39, 0.29) is 36.6 Å². The van der Waals surface area contributed by atoms with Crippen LogP contribution in [0.5, 0.6) is 0 Å². The topological polar surface area (TPSA) is 105 Å². The number of hydrogen-bond donors (Lipinski definition) is 2. The molecular formula is C22H28N4O4. The van der Waals surface area contributed by atoms with Crippen LogP contribution in [0.4, 0.5) is 11.5 Å². The van der Waals surface area contributed by atoms with Crippen LogP contribution >= 0.6 is 0 Å². The second kappa shape index (κ2) is 10.0. The van der Waals surface area contributed by atoms with Gasteiger partial charge in [0.25, 0.3) is 0 Å². The first-order valence-electron chi connectivity index (χ1n) is 10.3. The van der Waals surface area contributed by atoms with Gasteiger partial charge in [0, 0.05) is 30.6 Å². The number of carbonyl (C=O) groups excluding carboxylic acids is 3. The Hall–Kier alpha value is -3.16. The molecule has 1 aromatic heterocycles. The zero-order valence-electron chi connectivity index (χ0n) is 17.4. The molecule has 1 atom stereocenters. The van der Waals surface area contributed by atoms with E-state index < -0.39 is 6.04 Å². The van der Waals surface area contributed by atoms with Crippen LogP contribution in [0, 0.1) is 6.92 Å². The Morgan fingerprint density at radius 1 is 1.17 bits per heavy atom. The molecule has 8 heteroatoms. The van der Waals surface area contributed by atoms with Gasteiger partial charge >= 0.3 is 0 Å². The molecule has 8 nitrogen and oxygen atoms in total. The van der Waals surface area contributed by atoms with Gasteiger partial charge in [-0.05, 0) is 38.8 Å². The van der Waals surface area contributed by atoms with Crippen molar-refractivity contribution in [1.29, 1.82) is 0 Å². The summed E-state index contributed by atoms with van der Waals surface area (Å²) in [5, 5.41) is 9.37. The summed E-state index contributed by atoms with van der Waals surface area (Å²) in [5.41, 5.74) is 0.629. The molecule has 160 valence electrons. The van der Waals surface area contributed by atoms with Gasteiger partial charge in [-0.1, -0.05) is 36.2 Å². The number of nitrogens with one attached hydrogen (secondary N) is 2. The first kappa shape index (κ1) is 21.5. The highest BCUT2D eigenvalue weighted by Crippen LogP contribution is 2.21. The molecule has 1 aliphatic rings. The SMILES string of the molecule is Cc1cc(NC(=O)CCC(=O)N(c2ccccc2)[C@@H](C)C(=O)NC2CCCC2)no1. The largest absolute Gasteiger partial charge is 0.360 e. The fraction of sp³-hybridized carbons (Fsp3) is 0.455. The highest BCUT2D eigenvalue weighted by Gasteiger charge is 2.29. The van der Waals surface area contributed by atoms with Crippen molar-refractivity contribution < 1.29 is 18.9 Å². The third-order valence-corrected chi connectivity index (χ3v) is 5.23. The van der Waals surface area contributed by atoms with E-state index in [2.05, 4.69) is 15.8 Å². The Kier molecular flexibility index (Phi) is 7.21. The number of carbonyl (C=O) groups is 3. The van der Waals surface area contributed by atoms with E-state index in [1.807, 2.05) is 18.2 Å². The van der Waals surface area contributed by atoms with Crippen LogP contribution in [0.2, 0.25) is 0 Å². The van der Waals surface area contributed by atoms with Gasteiger partial charge in [0.1, 0.15) is 11.8 Å². The molecule has 2 aromatic rings. The number of aryl methyl sites for hydroxylation is 1. The number of para-hydroxylation sites is 1. The van der Waals surface area contributed by atoms with Crippen molar-refractivity contribution >= 4 is 29.2 Å². The summed E-state index contributed by atoms with van der Waals surface area (Å²) in [6, 6.07) is 10.2. The summed E-state index contributed by atoms with van der Waals surface area (Å²) in [4.78, 5) is 39.5. The van der Waals surface area contributed by atoms with Crippen LogP contribution in [-0.2, 0) is 14.4 Å². The van der Waals surface area contributed by atoms with Crippen molar-refractivity contribution in [2.24, 2.45) is 0 Å². The predicted molar refractivity (Wildman–Crippen MR) is 113 cm³/mol. The van der Waals surface area contributed by atoms with E-state index in [9.17, 15) is 14.4 Å². The van der Waals surface area contributed by atoms with Gasteiger partial charge in [0.15, 0.2) is 5.82 Å². The Bertz CT molecular complexity index is 874. The van der Waals surface area contributed by atoms with Gasteiger partial charge in [-0.15, -0.1) is 0 Å². The maximum atomic E-state index is 13.0. The van der Waals surface area contributed by atoms with Crippen LogP contribution in [0.25, 0.3) is 0 Å². The first-order valence-corrected chi connectivity index (χ1v) is 10.3. The van der Waals surface area contributed by atoms with Crippen LogP contribution in [0.1, 0.15) is 51.2 Å². The molecule has 1 aliphatic carbocycles. The molecule has 0 spiro atoms. The fourth-order valence-corrected chi connectivity index (χ4v) is 3.65. The van der Waals surface area contributed by atoms with Crippen molar-refractivity contribution in [1.82, 2.24) is 10.5 Å². The minimum Gasteiger partial charge on any atom is -0.360 e. The molecule has 0 aliphatic heterocycles. The van der Waals surface area contributed by atoms with Gasteiger partial charge in [0.05, 0.1) is 0 Å². The minimum atomic E-state index is -0.679. The lowest BCUT2D eigenvalue weighted by atomic mass is 10.1. The van der Waals surface area contributed by atoms with Crippen molar-refractivity contribution in [3.05, 3.63) is 42.2 Å². The van der Waals surface area contributed by atoms with Crippen molar-refractivity contribution in [3.8, 4) is 0 Å². The minimum absolute atomic E-state index is 0.0228. The van der Waals surface area contributed by atoms with Crippen LogP contribution < -0.4 is 15.5 Å². The summed E-state index contributed by atoms with van der Waals surface area (Å²) >= 11 is 0. The Labute approximate surface area is 176 Å². The zero-order valence-corrected chi connectivity index (χ0v) is 17.4. The zero-order chi connectivity index (χ0) is 21.5. The lowest BCUT2D eigenvalue weighted by Crippen LogP contribution is -2.50. The number of rotatable bonds is 8. The van der Waals surface area contributed by atoms with Crippen molar-refractivity contribution in [2.45, 2.75) is 64.5 Å². The summed E-state index contributed by atoms with van der Waals surface area (Å²) in [6.07, 6.45) is 4.12. The molecule has 3 amide bonds. The molecule has 1 heterocycles. The molecule has 3 rings (SSSR count). The van der Waals surface area contributed by atoms with E-state index in [4.69, 9.17) is 4.52 Å². The normalized spacial score (nSPS) is 14.9. The average Bonchev–Trinajstić information content (AvgIpc) is 3.39. The van der Waals surface area contributed by atoms with Gasteiger partial charge in [-0.3, -0.25) is 14.4 Å². The van der Waals surface area contributed by atoms with Crippen LogP contribution in [-0.4, -0.2) is 35.0 Å². The van der Waals surface area contributed by atoms with E-state index in [0.29, 0.717) is 17.3 Å². The van der Waals surface area contributed by atoms with Gasteiger partial charge in [0.2, 0.25) is 17.7 Å². The standard InChI is InChI=1S/C22H28N4O4/c1-15-14-19(25-30-15)24-20(27)12-13-21(28)26(18-10-4-3-5-11-18)16(2)22(29)23-17-8-6-7-9-17/h3-5,10-11,14,16-17H,6-9,12-13H2,1-2H3,(H,23,29)(H,24,25,27)/t16-/m0/s1. The highest BCUT2D eigenvalue weighted by molar-refractivity contribution is 6.02. The molecule has 30 heavy (non-hydrogen) atoms. The van der Waals surface area contributed by atoms with Gasteiger partial charge in [-0.25, -0.2) is 0 Å². The number of benzene rings is 1. The lowest BCUT2D eigenvalue weighted by molar-refractivity contribution is -0.127. The predicted octanol–water partition coefficient (Wildman–Crippen LogP) is 3.18. The fourth-order valence-electron chi connectivity index (χ4n) is 3.65. The van der Waals surface area contributed by atoms with Crippen molar-refractivity contribution in [3.63, 3.8) is 0 Å². The molecule has 1 aromatic carbocycles. The molecule has 2 N–H and O–H groups in total. The third-order valence-electron chi connectivity index (χ3n) is 5.23. The smallest absolute Gasteiger partial charge is 0.243 e. The third kappa shape index (κ3) is 5.68. The maximum Gasteiger partial charge on any atom is 0.243 e. The van der Waals surface area contributed by atoms with Crippen LogP contribution in [0.3, 0.4) is 0 Å². The number of aromatic nitrogens is 1. The molecule has 0 unspecified atom stereocenters. The second-order valence-corrected chi connectivity index (χ2v) is 7.64. The van der Waals surface area contributed by atoms with E-state index in [1.165, 1.54) is 4.90 Å². The van der Waals surface area contributed by atoms with Gasteiger partial charge in [-0.2, -0.15) is 0 Å². The Morgan fingerprint density at radius 2 is 1.87 bits per heavy atom. The van der Waals surface area contributed by atoms with E-state index in [1.54, 1.807) is 32.0 Å². The summed E-state index contributed by atoms with van der Waals surface area (Å²) in [6.45, 7) is 3.44. The molecule has 1 saturated carbocycles. The quantitative estimate of drug-likeness (QED) is 0.693. The molecule has 0 saturated heterocycles. The highest BCUT2D eigenvalue weighted by atomic mass is 16.5. The van der Waals surface area contributed by atoms with Crippen LogP contribution in [0.15, 0.2) is 40.9 Å². The molecule has 0 bridgehead atoms. The van der Waals surface area contributed by atoms with E-state index in [0.717, 1.165) is 25.7 Å². The van der Waals surface area contributed by atoms with Gasteiger partial charge < -0.3 is 20.1 Å². The summed E-state index contributed by atoms with van der Waals surface area (Å²) in [5.74, 6) is 0.0870. The van der Waals surface area contributed by atoms with E-state index >= 15 is 0 Å². The lowest BCUT2D eigenvalue weighted by Gasteiger charge is -2.29. The number of amides is 3. The first-order chi connectivity index (χ1) is 14.4. The average molecular weight is 412 g/mol. The molecule has 0 radical (unpaired) electrons. The monoisotopic (exact) mass is 412 g/mol. The number of nitrogens with zero attached hydrogens (tertiary/aromatic N) is 2. The second-order valence-electron chi connectivity index (χ2n) is 7.64. The number of anilines is 2. The summed E-state index contributed by atoms with van der Waals surface area (Å²) in [7, 11) is 0.